The zero-order valence-corrected chi connectivity index (χ0v) is 15.2. The van der Waals surface area contributed by atoms with Crippen molar-refractivity contribution in [2.75, 3.05) is 0 Å². The minimum Gasteiger partial charge on any atom is -0.166 e. The molecule has 0 aliphatic heterocycles. The summed E-state index contributed by atoms with van der Waals surface area (Å²) >= 11 is 0. The summed E-state index contributed by atoms with van der Waals surface area (Å²) in [6, 6.07) is 7.22. The fourth-order valence-corrected chi connectivity index (χ4v) is 3.75. The van der Waals surface area contributed by atoms with Crippen molar-refractivity contribution in [3.63, 3.8) is 0 Å². The van der Waals surface area contributed by atoms with Crippen LogP contribution in [0, 0.1) is 6.92 Å². The number of benzene rings is 2. The maximum Gasteiger partial charge on any atom is 0.417 e. The molecule has 2 aromatic carbocycles. The Morgan fingerprint density at radius 1 is 0.720 bits per heavy atom. The first kappa shape index (κ1) is 19.6. The first-order valence-corrected chi connectivity index (χ1v) is 11.1. The van der Waals surface area contributed by atoms with Gasteiger partial charge in [0.25, 0.3) is 0 Å². The lowest BCUT2D eigenvalue weighted by Gasteiger charge is -2.21. The maximum absolute atomic E-state index is 13.5. The Bertz CT molecular complexity index is 782. The Morgan fingerprint density at radius 3 is 1.76 bits per heavy atom. The van der Waals surface area contributed by atoms with E-state index in [9.17, 15) is 26.3 Å². The van der Waals surface area contributed by atoms with E-state index < -0.39 is 31.6 Å². The van der Waals surface area contributed by atoms with Crippen LogP contribution in [-0.4, -0.2) is 8.07 Å². The summed E-state index contributed by atoms with van der Waals surface area (Å²) in [6.45, 7) is 7.02. The van der Waals surface area contributed by atoms with Gasteiger partial charge in [0.1, 0.15) is 0 Å². The minimum atomic E-state index is -4.64. The number of hydrogen-bond acceptors (Lipinski definition) is 0. The lowest BCUT2D eigenvalue weighted by atomic mass is 9.95. The van der Waals surface area contributed by atoms with Crippen LogP contribution in [0.4, 0.5) is 26.3 Å². The second-order valence-corrected chi connectivity index (χ2v) is 12.1. The highest BCUT2D eigenvalue weighted by molar-refractivity contribution is 6.88. The molecule has 0 heterocycles. The zero-order chi connectivity index (χ0) is 19.2. The van der Waals surface area contributed by atoms with Gasteiger partial charge >= 0.3 is 12.4 Å². The van der Waals surface area contributed by atoms with E-state index in [1.165, 1.54) is 25.1 Å². The van der Waals surface area contributed by atoms with Crippen molar-refractivity contribution in [3.8, 4) is 11.1 Å². The molecule has 0 aromatic heterocycles. The molecule has 2 aromatic rings. The Balaban J connectivity index is 2.72. The molecule has 0 nitrogen and oxygen atoms in total. The number of hydrogen-bond donors (Lipinski definition) is 0. The SMILES string of the molecule is Cc1ccc(-c2ccc([Si](C)(C)C)cc2C(F)(F)F)cc1C(F)(F)F. The molecule has 2 rings (SSSR count). The summed E-state index contributed by atoms with van der Waals surface area (Å²) in [6.07, 6.45) is -9.26. The summed E-state index contributed by atoms with van der Waals surface area (Å²) in [5.74, 6) is 0. The van der Waals surface area contributed by atoms with Gasteiger partial charge in [-0.15, -0.1) is 0 Å². The number of aryl methyl sites for hydroxylation is 1. The van der Waals surface area contributed by atoms with Gasteiger partial charge in [-0.25, -0.2) is 0 Å². The fraction of sp³-hybridized carbons (Fsp3) is 0.333. The van der Waals surface area contributed by atoms with Crippen LogP contribution in [0.3, 0.4) is 0 Å². The molecule has 136 valence electrons. The van der Waals surface area contributed by atoms with Crippen LogP contribution in [0.5, 0.6) is 0 Å². The van der Waals surface area contributed by atoms with Gasteiger partial charge in [-0.3, -0.25) is 0 Å². The summed E-state index contributed by atoms with van der Waals surface area (Å²) in [5, 5.41) is 0.603. The van der Waals surface area contributed by atoms with Crippen LogP contribution in [0.15, 0.2) is 36.4 Å². The summed E-state index contributed by atoms with van der Waals surface area (Å²) in [5.41, 5.74) is -2.17. The molecule has 0 saturated carbocycles. The highest BCUT2D eigenvalue weighted by atomic mass is 28.3. The van der Waals surface area contributed by atoms with Crippen LogP contribution in [0.2, 0.25) is 19.6 Å². The van der Waals surface area contributed by atoms with E-state index in [0.717, 1.165) is 12.1 Å². The predicted molar refractivity (Wildman–Crippen MR) is 89.6 cm³/mol. The average Bonchev–Trinajstić information content (AvgIpc) is 2.44. The highest BCUT2D eigenvalue weighted by Crippen LogP contribution is 2.39. The van der Waals surface area contributed by atoms with E-state index in [1.54, 1.807) is 6.07 Å². The molecule has 0 amide bonds. The van der Waals surface area contributed by atoms with Crippen LogP contribution in [0.1, 0.15) is 16.7 Å². The molecule has 0 saturated heterocycles. The van der Waals surface area contributed by atoms with Gasteiger partial charge in [0, 0.05) is 0 Å². The second-order valence-electron chi connectivity index (χ2n) is 7.04. The lowest BCUT2D eigenvalue weighted by Crippen LogP contribution is -2.38. The molecule has 0 unspecified atom stereocenters. The molecular weight excluding hydrogens is 358 g/mol. The van der Waals surface area contributed by atoms with Gasteiger partial charge in [0.15, 0.2) is 0 Å². The van der Waals surface area contributed by atoms with E-state index in [2.05, 4.69) is 0 Å². The smallest absolute Gasteiger partial charge is 0.166 e. The van der Waals surface area contributed by atoms with Crippen molar-refractivity contribution in [2.24, 2.45) is 0 Å². The zero-order valence-electron chi connectivity index (χ0n) is 14.2. The third-order valence-electron chi connectivity index (χ3n) is 4.04. The monoisotopic (exact) mass is 376 g/mol. The largest absolute Gasteiger partial charge is 0.417 e. The third kappa shape index (κ3) is 4.26. The molecule has 0 aliphatic rings. The summed E-state index contributed by atoms with van der Waals surface area (Å²) in [4.78, 5) is 0. The molecule has 25 heavy (non-hydrogen) atoms. The first-order valence-electron chi connectivity index (χ1n) is 7.61. The topological polar surface area (TPSA) is 0 Å². The van der Waals surface area contributed by atoms with Crippen molar-refractivity contribution in [1.29, 1.82) is 0 Å². The Labute approximate surface area is 143 Å². The van der Waals surface area contributed by atoms with Crippen molar-refractivity contribution in [3.05, 3.63) is 53.1 Å². The molecule has 0 N–H and O–H groups in total. The van der Waals surface area contributed by atoms with E-state index in [-0.39, 0.29) is 16.7 Å². The van der Waals surface area contributed by atoms with Gasteiger partial charge in [-0.1, -0.05) is 55.2 Å². The average molecular weight is 376 g/mol. The van der Waals surface area contributed by atoms with Crippen LogP contribution < -0.4 is 5.19 Å². The molecule has 0 radical (unpaired) electrons. The number of halogens is 6. The quantitative estimate of drug-likeness (QED) is 0.430. The van der Waals surface area contributed by atoms with Crippen molar-refractivity contribution < 1.29 is 26.3 Å². The molecular formula is C18H18F6Si. The van der Waals surface area contributed by atoms with E-state index in [1.807, 2.05) is 19.6 Å². The second kappa shape index (κ2) is 6.19. The predicted octanol–water partition coefficient (Wildman–Crippen LogP) is 6.24. The Morgan fingerprint density at radius 2 is 1.28 bits per heavy atom. The molecule has 0 spiro atoms. The molecule has 0 atom stereocenters. The van der Waals surface area contributed by atoms with Gasteiger partial charge in [-0.2, -0.15) is 26.3 Å². The molecule has 0 aliphatic carbocycles. The maximum atomic E-state index is 13.5. The normalized spacial score (nSPS) is 13.2. The molecule has 0 bridgehead atoms. The number of rotatable bonds is 2. The highest BCUT2D eigenvalue weighted by Gasteiger charge is 2.36. The van der Waals surface area contributed by atoms with Gasteiger partial charge in [0.2, 0.25) is 0 Å². The minimum absolute atomic E-state index is 0.0245. The fourth-order valence-electron chi connectivity index (χ4n) is 2.59. The van der Waals surface area contributed by atoms with Crippen LogP contribution in [0.25, 0.3) is 11.1 Å². The van der Waals surface area contributed by atoms with Crippen molar-refractivity contribution >= 4 is 13.3 Å². The Hall–Kier alpha value is -1.76. The van der Waals surface area contributed by atoms with Gasteiger partial charge in [-0.05, 0) is 29.7 Å². The van der Waals surface area contributed by atoms with E-state index in [0.29, 0.717) is 5.19 Å². The van der Waals surface area contributed by atoms with E-state index >= 15 is 0 Å². The first-order chi connectivity index (χ1) is 11.2. The standard InChI is InChI=1S/C18H18F6Si/c1-11-5-6-12(9-15(11)17(19,20)21)14-8-7-13(25(2,3)4)10-16(14)18(22,23)24/h5-10H,1-4H3. The third-order valence-corrected chi connectivity index (χ3v) is 6.09. The van der Waals surface area contributed by atoms with Crippen LogP contribution >= 0.6 is 0 Å². The summed E-state index contributed by atoms with van der Waals surface area (Å²) < 4.78 is 79.8. The van der Waals surface area contributed by atoms with Gasteiger partial charge in [0.05, 0.1) is 19.2 Å². The van der Waals surface area contributed by atoms with Crippen molar-refractivity contribution in [2.45, 2.75) is 38.9 Å². The molecule has 0 fully saturated rings. The van der Waals surface area contributed by atoms with Crippen LogP contribution in [-0.2, 0) is 12.4 Å². The van der Waals surface area contributed by atoms with Crippen molar-refractivity contribution in [1.82, 2.24) is 0 Å². The Kier molecular flexibility index (Phi) is 4.85. The molecule has 7 heteroatoms. The lowest BCUT2D eigenvalue weighted by molar-refractivity contribution is -0.138. The summed E-state index contributed by atoms with van der Waals surface area (Å²) in [7, 11) is -2.00. The number of alkyl halides is 6. The van der Waals surface area contributed by atoms with Gasteiger partial charge < -0.3 is 0 Å². The van der Waals surface area contributed by atoms with E-state index in [4.69, 9.17) is 0 Å².